The van der Waals surface area contributed by atoms with Gasteiger partial charge < -0.3 is 5.32 Å². The highest BCUT2D eigenvalue weighted by Gasteiger charge is 2.25. The van der Waals surface area contributed by atoms with Crippen LogP contribution in [0, 0.1) is 0 Å². The maximum absolute atomic E-state index is 12.0. The van der Waals surface area contributed by atoms with Gasteiger partial charge in [-0.1, -0.05) is 19.4 Å². The second kappa shape index (κ2) is 8.59. The smallest absolute Gasteiger partial charge is 0.237 e. The quantitative estimate of drug-likeness (QED) is 0.752. The number of thioether (sulfide) groups is 1. The summed E-state index contributed by atoms with van der Waals surface area (Å²) < 4.78 is 0. The zero-order chi connectivity index (χ0) is 13.4. The fourth-order valence-electron chi connectivity index (χ4n) is 2.34. The first-order valence-electron chi connectivity index (χ1n) is 6.93. The molecule has 0 unspecified atom stereocenters. The molecular weight excluding hydrogens is 244 g/mol. The van der Waals surface area contributed by atoms with Gasteiger partial charge in [-0.3, -0.25) is 9.69 Å². The largest absolute Gasteiger partial charge is 0.351 e. The van der Waals surface area contributed by atoms with E-state index in [1.54, 1.807) is 6.08 Å². The first-order valence-corrected chi connectivity index (χ1v) is 7.98. The maximum atomic E-state index is 12.0. The van der Waals surface area contributed by atoms with Crippen molar-refractivity contribution in [3.05, 3.63) is 12.7 Å². The van der Waals surface area contributed by atoms with Gasteiger partial charge in [-0.05, 0) is 32.1 Å². The summed E-state index contributed by atoms with van der Waals surface area (Å²) in [6.07, 6.45) is 5.51. The summed E-state index contributed by atoms with van der Waals surface area (Å²) >= 11 is 2.03. The zero-order valence-electron chi connectivity index (χ0n) is 11.7. The van der Waals surface area contributed by atoms with Crippen LogP contribution in [0.2, 0.25) is 0 Å². The van der Waals surface area contributed by atoms with Crippen LogP contribution in [0.1, 0.15) is 33.1 Å². The summed E-state index contributed by atoms with van der Waals surface area (Å²) in [5.74, 6) is 1.28. The first kappa shape index (κ1) is 15.6. The molecule has 1 amide bonds. The van der Waals surface area contributed by atoms with E-state index in [1.807, 2.05) is 18.7 Å². The molecule has 0 aromatic carbocycles. The topological polar surface area (TPSA) is 32.3 Å². The number of nitrogens with zero attached hydrogens (tertiary/aromatic N) is 1. The van der Waals surface area contributed by atoms with Gasteiger partial charge in [0.05, 0.1) is 6.04 Å². The average Bonchev–Trinajstić information content (AvgIpc) is 2.61. The van der Waals surface area contributed by atoms with Crippen LogP contribution in [0.15, 0.2) is 12.7 Å². The molecule has 1 aliphatic rings. The van der Waals surface area contributed by atoms with Gasteiger partial charge in [-0.15, -0.1) is 6.58 Å². The van der Waals surface area contributed by atoms with Crippen LogP contribution in [-0.2, 0) is 4.79 Å². The summed E-state index contributed by atoms with van der Waals surface area (Å²) in [4.78, 5) is 14.3. The van der Waals surface area contributed by atoms with Gasteiger partial charge in [0.15, 0.2) is 0 Å². The van der Waals surface area contributed by atoms with Crippen molar-refractivity contribution in [3.63, 3.8) is 0 Å². The Bertz CT molecular complexity index is 271. The monoisotopic (exact) mass is 270 g/mol. The predicted molar refractivity (Wildman–Crippen MR) is 80.0 cm³/mol. The van der Waals surface area contributed by atoms with Gasteiger partial charge in [0.1, 0.15) is 0 Å². The third-order valence-corrected chi connectivity index (χ3v) is 4.60. The molecule has 1 fully saturated rings. The molecule has 0 saturated carbocycles. The highest BCUT2D eigenvalue weighted by atomic mass is 32.2. The van der Waals surface area contributed by atoms with Crippen LogP contribution in [0.3, 0.4) is 0 Å². The van der Waals surface area contributed by atoms with Crippen LogP contribution in [-0.4, -0.2) is 47.5 Å². The molecule has 3 nitrogen and oxygen atoms in total. The molecule has 2 atom stereocenters. The molecule has 0 aliphatic carbocycles. The number of carbonyl (C=O) groups excluding carboxylic acids is 1. The SMILES string of the molecule is C=CCNC(=O)[C@H](C)N1CCCC[C@H](SCC)C1. The lowest BCUT2D eigenvalue weighted by Gasteiger charge is -2.29. The van der Waals surface area contributed by atoms with Crippen molar-refractivity contribution in [2.24, 2.45) is 0 Å². The lowest BCUT2D eigenvalue weighted by molar-refractivity contribution is -0.125. The van der Waals surface area contributed by atoms with E-state index in [9.17, 15) is 4.79 Å². The van der Waals surface area contributed by atoms with E-state index in [0.29, 0.717) is 11.8 Å². The van der Waals surface area contributed by atoms with E-state index in [0.717, 1.165) is 18.8 Å². The zero-order valence-corrected chi connectivity index (χ0v) is 12.5. The number of hydrogen-bond donors (Lipinski definition) is 1. The van der Waals surface area contributed by atoms with Crippen LogP contribution >= 0.6 is 11.8 Å². The number of likely N-dealkylation sites (tertiary alicyclic amines) is 1. The molecule has 1 N–H and O–H groups in total. The maximum Gasteiger partial charge on any atom is 0.237 e. The molecule has 1 aliphatic heterocycles. The molecule has 18 heavy (non-hydrogen) atoms. The number of nitrogens with one attached hydrogen (secondary N) is 1. The minimum absolute atomic E-state index is 0.0250. The minimum Gasteiger partial charge on any atom is -0.351 e. The van der Waals surface area contributed by atoms with E-state index in [1.165, 1.54) is 19.3 Å². The summed E-state index contributed by atoms with van der Waals surface area (Å²) in [7, 11) is 0. The van der Waals surface area contributed by atoms with Gasteiger partial charge in [-0.2, -0.15) is 11.8 Å². The van der Waals surface area contributed by atoms with Crippen molar-refractivity contribution in [1.29, 1.82) is 0 Å². The number of carbonyl (C=O) groups is 1. The van der Waals surface area contributed by atoms with Crippen LogP contribution in [0.4, 0.5) is 0 Å². The Morgan fingerprint density at radius 3 is 3.06 bits per heavy atom. The summed E-state index contributed by atoms with van der Waals surface area (Å²) in [5, 5.41) is 3.58. The molecular formula is C14H26N2OS. The Hall–Kier alpha value is -0.480. The summed E-state index contributed by atoms with van der Waals surface area (Å²) in [6.45, 7) is 10.5. The molecule has 1 rings (SSSR count). The lowest BCUT2D eigenvalue weighted by atomic mass is 10.2. The Morgan fingerprint density at radius 2 is 2.39 bits per heavy atom. The standard InChI is InChI=1S/C14H26N2OS/c1-4-9-15-14(17)12(3)16-10-7-6-8-13(11-16)18-5-2/h4,12-13H,1,5-11H2,2-3H3,(H,15,17)/t12-,13-/m0/s1. The molecule has 0 aromatic rings. The summed E-state index contributed by atoms with van der Waals surface area (Å²) in [5.41, 5.74) is 0. The molecule has 4 heteroatoms. The van der Waals surface area contributed by atoms with E-state index in [-0.39, 0.29) is 11.9 Å². The number of amides is 1. The van der Waals surface area contributed by atoms with Crippen molar-refractivity contribution in [2.45, 2.75) is 44.4 Å². The highest BCUT2D eigenvalue weighted by Crippen LogP contribution is 2.23. The third-order valence-electron chi connectivity index (χ3n) is 3.41. The van der Waals surface area contributed by atoms with Gasteiger partial charge in [-0.25, -0.2) is 0 Å². The van der Waals surface area contributed by atoms with Crippen molar-refractivity contribution in [1.82, 2.24) is 10.2 Å². The van der Waals surface area contributed by atoms with Gasteiger partial charge in [0.2, 0.25) is 5.91 Å². The Balaban J connectivity index is 2.50. The number of rotatable bonds is 6. The Morgan fingerprint density at radius 1 is 1.61 bits per heavy atom. The van der Waals surface area contributed by atoms with Crippen LogP contribution < -0.4 is 5.32 Å². The fourth-order valence-corrected chi connectivity index (χ4v) is 3.44. The van der Waals surface area contributed by atoms with Gasteiger partial charge in [0.25, 0.3) is 0 Å². The van der Waals surface area contributed by atoms with Crippen molar-refractivity contribution in [2.75, 3.05) is 25.4 Å². The molecule has 0 spiro atoms. The highest BCUT2D eigenvalue weighted by molar-refractivity contribution is 7.99. The molecule has 1 saturated heterocycles. The normalized spacial score (nSPS) is 23.1. The second-order valence-corrected chi connectivity index (χ2v) is 6.36. The predicted octanol–water partition coefficient (Wildman–Crippen LogP) is 2.28. The lowest BCUT2D eigenvalue weighted by Crippen LogP contribution is -2.47. The second-order valence-electron chi connectivity index (χ2n) is 4.78. The van der Waals surface area contributed by atoms with Gasteiger partial charge >= 0.3 is 0 Å². The fraction of sp³-hybridized carbons (Fsp3) is 0.786. The molecule has 0 radical (unpaired) electrons. The van der Waals surface area contributed by atoms with Crippen molar-refractivity contribution in [3.8, 4) is 0 Å². The van der Waals surface area contributed by atoms with Crippen LogP contribution in [0.5, 0.6) is 0 Å². The van der Waals surface area contributed by atoms with Crippen molar-refractivity contribution < 1.29 is 4.79 Å². The third kappa shape index (κ3) is 5.02. The molecule has 0 bridgehead atoms. The van der Waals surface area contributed by atoms with E-state index < -0.39 is 0 Å². The number of hydrogen-bond acceptors (Lipinski definition) is 3. The van der Waals surface area contributed by atoms with E-state index in [4.69, 9.17) is 0 Å². The van der Waals surface area contributed by atoms with E-state index in [2.05, 4.69) is 23.7 Å². The first-order chi connectivity index (χ1) is 8.69. The molecule has 1 heterocycles. The van der Waals surface area contributed by atoms with Crippen LogP contribution in [0.25, 0.3) is 0 Å². The minimum atomic E-state index is -0.0250. The summed E-state index contributed by atoms with van der Waals surface area (Å²) in [6, 6.07) is -0.0250. The molecule has 0 aromatic heterocycles. The molecule has 104 valence electrons. The Kier molecular flexibility index (Phi) is 7.44. The average molecular weight is 270 g/mol. The van der Waals surface area contributed by atoms with Crippen molar-refractivity contribution >= 4 is 17.7 Å². The van der Waals surface area contributed by atoms with Gasteiger partial charge in [0, 0.05) is 18.3 Å². The van der Waals surface area contributed by atoms with E-state index >= 15 is 0 Å². The Labute approximate surface area is 115 Å².